The van der Waals surface area contributed by atoms with Crippen LogP contribution in [0.2, 0.25) is 0 Å². The Bertz CT molecular complexity index is 437. The van der Waals surface area contributed by atoms with Crippen molar-refractivity contribution >= 4 is 11.6 Å². The summed E-state index contributed by atoms with van der Waals surface area (Å²) in [4.78, 5) is 17.8. The molecule has 1 aromatic heterocycles. The second kappa shape index (κ2) is 6.57. The Labute approximate surface area is 106 Å². The monoisotopic (exact) mass is 247 g/mol. The summed E-state index contributed by atoms with van der Waals surface area (Å²) >= 11 is 0. The van der Waals surface area contributed by atoms with Gasteiger partial charge in [-0.2, -0.15) is 5.26 Å². The standard InChI is InChI=1S/C12H17N5O/c1-3-17(8-9(2)6-13)12(18)11-5-4-10(16-14)7-15-11/h4-5,7,9,16H,3,8,14H2,1-2H3. The van der Waals surface area contributed by atoms with Crippen molar-refractivity contribution in [2.24, 2.45) is 11.8 Å². The maximum Gasteiger partial charge on any atom is 0.272 e. The molecule has 1 aromatic rings. The number of rotatable bonds is 5. The summed E-state index contributed by atoms with van der Waals surface area (Å²) in [5.41, 5.74) is 3.43. The highest BCUT2D eigenvalue weighted by Gasteiger charge is 2.17. The van der Waals surface area contributed by atoms with Crippen LogP contribution in [0.3, 0.4) is 0 Å². The molecule has 1 amide bonds. The molecule has 18 heavy (non-hydrogen) atoms. The molecule has 6 nitrogen and oxygen atoms in total. The summed E-state index contributed by atoms with van der Waals surface area (Å²) < 4.78 is 0. The van der Waals surface area contributed by atoms with Gasteiger partial charge in [0.2, 0.25) is 0 Å². The molecule has 0 aliphatic heterocycles. The van der Waals surface area contributed by atoms with E-state index in [0.29, 0.717) is 24.5 Å². The molecular weight excluding hydrogens is 230 g/mol. The number of pyridine rings is 1. The fourth-order valence-electron chi connectivity index (χ4n) is 1.49. The van der Waals surface area contributed by atoms with E-state index in [9.17, 15) is 4.79 Å². The van der Waals surface area contributed by atoms with Gasteiger partial charge in [-0.15, -0.1) is 0 Å². The Hall–Kier alpha value is -2.13. The van der Waals surface area contributed by atoms with Gasteiger partial charge < -0.3 is 10.3 Å². The number of nitrogens with one attached hydrogen (secondary N) is 1. The number of nitrogens with two attached hydrogens (primary N) is 1. The number of nitriles is 1. The van der Waals surface area contributed by atoms with Gasteiger partial charge in [-0.1, -0.05) is 0 Å². The van der Waals surface area contributed by atoms with E-state index in [1.807, 2.05) is 6.92 Å². The molecule has 1 unspecified atom stereocenters. The number of hydrogen-bond acceptors (Lipinski definition) is 5. The van der Waals surface area contributed by atoms with Crippen LogP contribution in [0, 0.1) is 17.2 Å². The van der Waals surface area contributed by atoms with E-state index in [1.54, 1.807) is 24.0 Å². The van der Waals surface area contributed by atoms with Crippen LogP contribution in [-0.2, 0) is 0 Å². The van der Waals surface area contributed by atoms with Crippen LogP contribution in [0.1, 0.15) is 24.3 Å². The average molecular weight is 247 g/mol. The Morgan fingerprint density at radius 3 is 2.83 bits per heavy atom. The molecule has 0 radical (unpaired) electrons. The Morgan fingerprint density at radius 1 is 1.67 bits per heavy atom. The summed E-state index contributed by atoms with van der Waals surface area (Å²) in [6.07, 6.45) is 1.49. The molecular formula is C12H17N5O. The molecule has 0 fully saturated rings. The first-order valence-corrected chi connectivity index (χ1v) is 5.74. The van der Waals surface area contributed by atoms with Crippen LogP contribution in [0.15, 0.2) is 18.3 Å². The first-order chi connectivity index (χ1) is 8.62. The maximum atomic E-state index is 12.1. The fourth-order valence-corrected chi connectivity index (χ4v) is 1.49. The van der Waals surface area contributed by atoms with Crippen molar-refractivity contribution in [3.05, 3.63) is 24.0 Å². The number of nitrogen functional groups attached to an aromatic ring is 1. The minimum atomic E-state index is -0.195. The number of aromatic nitrogens is 1. The molecule has 3 N–H and O–H groups in total. The summed E-state index contributed by atoms with van der Waals surface area (Å²) in [7, 11) is 0. The molecule has 0 saturated carbocycles. The van der Waals surface area contributed by atoms with Crippen molar-refractivity contribution < 1.29 is 4.79 Å². The number of anilines is 1. The molecule has 0 aliphatic rings. The van der Waals surface area contributed by atoms with Crippen molar-refractivity contribution in [1.29, 1.82) is 5.26 Å². The van der Waals surface area contributed by atoms with E-state index in [1.165, 1.54) is 6.20 Å². The van der Waals surface area contributed by atoms with Crippen molar-refractivity contribution in [3.63, 3.8) is 0 Å². The van der Waals surface area contributed by atoms with Gasteiger partial charge in [0.1, 0.15) is 5.69 Å². The highest BCUT2D eigenvalue weighted by Crippen LogP contribution is 2.08. The number of carbonyl (C=O) groups excluding carboxylic acids is 1. The molecule has 0 bridgehead atoms. The van der Waals surface area contributed by atoms with Gasteiger partial charge in [-0.25, -0.2) is 4.98 Å². The fraction of sp³-hybridized carbons (Fsp3) is 0.417. The summed E-state index contributed by atoms with van der Waals surface area (Å²) in [5.74, 6) is 4.85. The zero-order valence-corrected chi connectivity index (χ0v) is 10.6. The smallest absolute Gasteiger partial charge is 0.272 e. The van der Waals surface area contributed by atoms with E-state index < -0.39 is 0 Å². The minimum absolute atomic E-state index is 0.178. The van der Waals surface area contributed by atoms with Gasteiger partial charge in [0.05, 0.1) is 23.9 Å². The molecule has 6 heteroatoms. The molecule has 96 valence electrons. The lowest BCUT2D eigenvalue weighted by Gasteiger charge is -2.21. The third-order valence-corrected chi connectivity index (χ3v) is 2.53. The normalized spacial score (nSPS) is 11.4. The third kappa shape index (κ3) is 3.43. The molecule has 0 saturated heterocycles. The van der Waals surface area contributed by atoms with Gasteiger partial charge >= 0.3 is 0 Å². The molecule has 1 atom stereocenters. The van der Waals surface area contributed by atoms with Crippen molar-refractivity contribution in [1.82, 2.24) is 9.88 Å². The lowest BCUT2D eigenvalue weighted by atomic mass is 10.2. The highest BCUT2D eigenvalue weighted by molar-refractivity contribution is 5.92. The number of hydrogen-bond donors (Lipinski definition) is 2. The second-order valence-corrected chi connectivity index (χ2v) is 3.95. The van der Waals surface area contributed by atoms with E-state index in [-0.39, 0.29) is 11.8 Å². The first-order valence-electron chi connectivity index (χ1n) is 5.74. The van der Waals surface area contributed by atoms with Crippen LogP contribution in [0.5, 0.6) is 0 Å². The molecule has 1 rings (SSSR count). The summed E-state index contributed by atoms with van der Waals surface area (Å²) in [5, 5.41) is 8.77. The lowest BCUT2D eigenvalue weighted by molar-refractivity contribution is 0.0747. The highest BCUT2D eigenvalue weighted by atomic mass is 16.2. The van der Waals surface area contributed by atoms with E-state index in [2.05, 4.69) is 16.5 Å². The van der Waals surface area contributed by atoms with Gasteiger partial charge in [0.25, 0.3) is 5.91 Å². The topological polar surface area (TPSA) is 95.0 Å². The van der Waals surface area contributed by atoms with E-state index >= 15 is 0 Å². The van der Waals surface area contributed by atoms with E-state index in [0.717, 1.165) is 0 Å². The zero-order chi connectivity index (χ0) is 13.5. The molecule has 0 aliphatic carbocycles. The van der Waals surface area contributed by atoms with Crippen molar-refractivity contribution in [2.45, 2.75) is 13.8 Å². The number of nitrogens with zero attached hydrogens (tertiary/aromatic N) is 3. The predicted octanol–water partition coefficient (Wildman–Crippen LogP) is 0.989. The quantitative estimate of drug-likeness (QED) is 0.597. The van der Waals surface area contributed by atoms with E-state index in [4.69, 9.17) is 11.1 Å². The summed E-state index contributed by atoms with van der Waals surface area (Å²) in [6.45, 7) is 4.61. The van der Waals surface area contributed by atoms with Crippen LogP contribution >= 0.6 is 0 Å². The Morgan fingerprint density at radius 2 is 2.39 bits per heavy atom. The van der Waals surface area contributed by atoms with Crippen LogP contribution in [0.4, 0.5) is 5.69 Å². The molecule has 1 heterocycles. The predicted molar refractivity (Wildman–Crippen MR) is 68.4 cm³/mol. The number of hydrazine groups is 1. The SMILES string of the molecule is CCN(CC(C)C#N)C(=O)c1ccc(NN)cn1. The van der Waals surface area contributed by atoms with Gasteiger partial charge in [0.15, 0.2) is 0 Å². The average Bonchev–Trinajstić information content (AvgIpc) is 2.43. The third-order valence-electron chi connectivity index (χ3n) is 2.53. The van der Waals surface area contributed by atoms with Crippen LogP contribution < -0.4 is 11.3 Å². The lowest BCUT2D eigenvalue weighted by Crippen LogP contribution is -2.34. The van der Waals surface area contributed by atoms with Gasteiger partial charge in [0, 0.05) is 13.1 Å². The number of amides is 1. The zero-order valence-electron chi connectivity index (χ0n) is 10.6. The minimum Gasteiger partial charge on any atom is -0.336 e. The Kier molecular flexibility index (Phi) is 5.08. The Balaban J connectivity index is 2.80. The first kappa shape index (κ1) is 13.9. The number of carbonyl (C=O) groups is 1. The van der Waals surface area contributed by atoms with Gasteiger partial charge in [-0.05, 0) is 26.0 Å². The maximum absolute atomic E-state index is 12.1. The van der Waals surface area contributed by atoms with Crippen molar-refractivity contribution in [2.75, 3.05) is 18.5 Å². The van der Waals surface area contributed by atoms with Crippen molar-refractivity contribution in [3.8, 4) is 6.07 Å². The summed E-state index contributed by atoms with van der Waals surface area (Å²) in [6, 6.07) is 5.40. The molecule has 0 aromatic carbocycles. The van der Waals surface area contributed by atoms with Crippen LogP contribution in [-0.4, -0.2) is 28.9 Å². The van der Waals surface area contributed by atoms with Crippen LogP contribution in [0.25, 0.3) is 0 Å². The molecule has 0 spiro atoms. The second-order valence-electron chi connectivity index (χ2n) is 3.95. The largest absolute Gasteiger partial charge is 0.336 e. The van der Waals surface area contributed by atoms with Gasteiger partial charge in [-0.3, -0.25) is 10.6 Å².